The first-order valence-corrected chi connectivity index (χ1v) is 23.0. The lowest BCUT2D eigenvalue weighted by molar-refractivity contribution is 0.670. The van der Waals surface area contributed by atoms with Crippen molar-refractivity contribution in [3.63, 3.8) is 0 Å². The number of fused-ring (bicyclic) bond motifs is 6. The summed E-state index contributed by atoms with van der Waals surface area (Å²) in [6, 6.07) is 80.1. The molecule has 5 heteroatoms. The van der Waals surface area contributed by atoms with Gasteiger partial charge in [-0.1, -0.05) is 206 Å². The van der Waals surface area contributed by atoms with E-state index in [2.05, 4.69) is 188 Å². The summed E-state index contributed by atoms with van der Waals surface area (Å²) in [4.78, 5) is 16.0. The van der Waals surface area contributed by atoms with Gasteiger partial charge in [0.25, 0.3) is 0 Å². The molecule has 0 unspecified atom stereocenters. The molecule has 2 aromatic heterocycles. The molecule has 12 rings (SSSR count). The van der Waals surface area contributed by atoms with Crippen LogP contribution in [0.5, 0.6) is 0 Å². The van der Waals surface area contributed by atoms with Crippen molar-refractivity contribution in [2.75, 3.05) is 0 Å². The Morgan fingerprint density at radius 3 is 1.42 bits per heavy atom. The second kappa shape index (κ2) is 14.6. The molecule has 0 bridgehead atoms. The van der Waals surface area contributed by atoms with Crippen LogP contribution in [0.15, 0.2) is 229 Å². The minimum absolute atomic E-state index is 0.584. The summed E-state index contributed by atoms with van der Waals surface area (Å²) in [6.45, 7) is 0. The molecule has 9 aromatic carbocycles. The Hall–Kier alpha value is -7.99. The number of hydrogen-bond acceptors (Lipinski definition) is 4. The van der Waals surface area contributed by atoms with Gasteiger partial charge in [-0.05, 0) is 66.8 Å². The molecule has 0 atom stereocenters. The minimum Gasteiger partial charge on any atom is -0.455 e. The molecule has 0 spiro atoms. The number of para-hydroxylation sites is 1. The molecule has 1 aliphatic heterocycles. The number of benzene rings is 9. The zero-order valence-corrected chi connectivity index (χ0v) is 34.6. The van der Waals surface area contributed by atoms with E-state index in [1.54, 1.807) is 0 Å². The summed E-state index contributed by atoms with van der Waals surface area (Å²) in [6.07, 6.45) is 0. The van der Waals surface area contributed by atoms with Crippen molar-refractivity contribution in [2.24, 2.45) is 0 Å². The Balaban J connectivity index is 1.12. The van der Waals surface area contributed by atoms with E-state index in [1.165, 1.54) is 43.0 Å². The van der Waals surface area contributed by atoms with E-state index in [0.29, 0.717) is 17.5 Å². The van der Waals surface area contributed by atoms with Crippen molar-refractivity contribution in [1.82, 2.24) is 15.0 Å². The van der Waals surface area contributed by atoms with Gasteiger partial charge in [0.1, 0.15) is 11.2 Å². The smallest absolute Gasteiger partial charge is 0.180 e. The fraction of sp³-hybridized carbons (Fsp3) is 0. The molecule has 3 heterocycles. The zero-order valence-electron chi connectivity index (χ0n) is 33.6. The van der Waals surface area contributed by atoms with Gasteiger partial charge < -0.3 is 4.42 Å². The van der Waals surface area contributed by atoms with Crippen LogP contribution in [0.3, 0.4) is 0 Å². The highest BCUT2D eigenvalue weighted by Gasteiger charge is 2.49. The molecule has 0 radical (unpaired) electrons. The van der Waals surface area contributed by atoms with Crippen molar-refractivity contribution in [1.29, 1.82) is 0 Å². The van der Waals surface area contributed by atoms with Gasteiger partial charge in [0.05, 0.1) is 0 Å². The molecule has 4 nitrogen and oxygen atoms in total. The lowest BCUT2D eigenvalue weighted by Gasteiger charge is -2.31. The van der Waals surface area contributed by atoms with Crippen LogP contribution in [0.4, 0.5) is 0 Å². The van der Waals surface area contributed by atoms with Gasteiger partial charge in [-0.2, -0.15) is 0 Å². The van der Waals surface area contributed by atoms with Gasteiger partial charge in [0, 0.05) is 33.0 Å². The van der Waals surface area contributed by atoms with E-state index < -0.39 is 8.07 Å². The van der Waals surface area contributed by atoms with Crippen LogP contribution in [0, 0.1) is 0 Å². The van der Waals surface area contributed by atoms with Gasteiger partial charge in [-0.15, -0.1) is 0 Å². The van der Waals surface area contributed by atoms with Crippen molar-refractivity contribution >= 4 is 50.8 Å². The van der Waals surface area contributed by atoms with E-state index in [-0.39, 0.29) is 0 Å². The van der Waals surface area contributed by atoms with Crippen LogP contribution in [0.2, 0.25) is 0 Å². The largest absolute Gasteiger partial charge is 0.455 e. The maximum absolute atomic E-state index is 6.69. The number of hydrogen-bond donors (Lipinski definition) is 0. The Morgan fingerprint density at radius 2 is 0.790 bits per heavy atom. The summed E-state index contributed by atoms with van der Waals surface area (Å²) in [7, 11) is -2.89. The van der Waals surface area contributed by atoms with Crippen LogP contribution < -0.4 is 20.7 Å². The maximum Gasteiger partial charge on any atom is 0.180 e. The third kappa shape index (κ3) is 5.70. The lowest BCUT2D eigenvalue weighted by Crippen LogP contribution is -2.72. The van der Waals surface area contributed by atoms with E-state index in [4.69, 9.17) is 19.4 Å². The van der Waals surface area contributed by atoms with Crippen molar-refractivity contribution in [3.8, 4) is 67.5 Å². The second-order valence-electron chi connectivity index (χ2n) is 15.9. The summed E-state index contributed by atoms with van der Waals surface area (Å²) in [5.41, 5.74) is 11.3. The molecule has 11 aromatic rings. The average Bonchev–Trinajstić information content (AvgIpc) is 3.88. The fourth-order valence-electron chi connectivity index (χ4n) is 9.65. The molecule has 290 valence electrons. The first-order valence-electron chi connectivity index (χ1n) is 21.0. The van der Waals surface area contributed by atoms with Crippen LogP contribution in [-0.4, -0.2) is 23.0 Å². The molecule has 0 saturated heterocycles. The number of furan rings is 1. The standard InChI is InChI=1S/C57H37N3OSi/c1-6-18-38(19-7-1)41-30-32-46-47-33-31-42(37-52(47)62(51(46)36-41,43-24-12-4-13-25-43)44-26-14-5-15-27-44)56-58-55(40-22-10-3-11-23-40)59-57(60-56)49-35-34-48-45-28-16-17-29-50(45)61-54(48)53(49)39-20-8-2-9-21-39/h1-37H. The second-order valence-corrected chi connectivity index (χ2v) is 19.6. The number of rotatable bonds is 7. The predicted molar refractivity (Wildman–Crippen MR) is 257 cm³/mol. The molecule has 0 N–H and O–H groups in total. The van der Waals surface area contributed by atoms with E-state index in [9.17, 15) is 0 Å². The molecule has 62 heavy (non-hydrogen) atoms. The molecular formula is C57H37N3OSi. The Kier molecular flexibility index (Phi) is 8.47. The van der Waals surface area contributed by atoms with E-state index in [1.807, 2.05) is 36.4 Å². The van der Waals surface area contributed by atoms with Crippen molar-refractivity contribution < 1.29 is 4.42 Å². The summed E-state index contributed by atoms with van der Waals surface area (Å²) in [5, 5.41) is 7.51. The molecule has 0 amide bonds. The monoisotopic (exact) mass is 807 g/mol. The van der Waals surface area contributed by atoms with E-state index in [0.717, 1.165) is 49.8 Å². The lowest BCUT2D eigenvalue weighted by atomic mass is 9.96. The average molecular weight is 808 g/mol. The number of aromatic nitrogens is 3. The quantitative estimate of drug-likeness (QED) is 0.151. The molecule has 0 fully saturated rings. The fourth-order valence-corrected chi connectivity index (χ4v) is 14.9. The van der Waals surface area contributed by atoms with Gasteiger partial charge in [-0.3, -0.25) is 0 Å². The normalized spacial score (nSPS) is 12.6. The third-order valence-corrected chi connectivity index (χ3v) is 17.3. The maximum atomic E-state index is 6.69. The Bertz CT molecular complexity index is 3410. The van der Waals surface area contributed by atoms with Crippen molar-refractivity contribution in [2.45, 2.75) is 0 Å². The van der Waals surface area contributed by atoms with Crippen LogP contribution in [0.25, 0.3) is 89.5 Å². The van der Waals surface area contributed by atoms with Crippen LogP contribution in [-0.2, 0) is 0 Å². The third-order valence-electron chi connectivity index (χ3n) is 12.4. The first-order chi connectivity index (χ1) is 30.7. The Morgan fingerprint density at radius 1 is 0.323 bits per heavy atom. The molecule has 0 saturated carbocycles. The topological polar surface area (TPSA) is 51.8 Å². The minimum atomic E-state index is -2.89. The zero-order chi connectivity index (χ0) is 41.0. The summed E-state index contributed by atoms with van der Waals surface area (Å²) < 4.78 is 6.69. The SMILES string of the molecule is c1ccc(-c2ccc3c(c2)[Si](c2ccccc2)(c2ccccc2)c2cc(-c4nc(-c5ccccc5)nc(-c5ccc6c(oc7ccccc76)c5-c5ccccc5)n4)ccc2-3)cc1. The van der Waals surface area contributed by atoms with Crippen LogP contribution in [0.1, 0.15) is 0 Å². The highest BCUT2D eigenvalue weighted by atomic mass is 28.3. The first kappa shape index (κ1) is 35.9. The molecular weight excluding hydrogens is 771 g/mol. The van der Waals surface area contributed by atoms with Gasteiger partial charge >= 0.3 is 0 Å². The number of nitrogens with zero attached hydrogens (tertiary/aromatic N) is 3. The van der Waals surface area contributed by atoms with Gasteiger partial charge in [0.2, 0.25) is 0 Å². The van der Waals surface area contributed by atoms with Gasteiger partial charge in [-0.25, -0.2) is 15.0 Å². The van der Waals surface area contributed by atoms with Crippen molar-refractivity contribution in [3.05, 3.63) is 224 Å². The predicted octanol–water partition coefficient (Wildman–Crippen LogP) is 11.5. The Labute approximate surface area is 360 Å². The summed E-state index contributed by atoms with van der Waals surface area (Å²) in [5.74, 6) is 1.81. The highest BCUT2D eigenvalue weighted by molar-refractivity contribution is 7.22. The van der Waals surface area contributed by atoms with E-state index >= 15 is 0 Å². The molecule has 1 aliphatic rings. The van der Waals surface area contributed by atoms with Gasteiger partial charge in [0.15, 0.2) is 25.5 Å². The van der Waals surface area contributed by atoms with Crippen LogP contribution >= 0.6 is 0 Å². The highest BCUT2D eigenvalue weighted by Crippen LogP contribution is 2.42. The summed E-state index contributed by atoms with van der Waals surface area (Å²) >= 11 is 0. The molecule has 0 aliphatic carbocycles.